The molecule has 1 saturated heterocycles. The highest BCUT2D eigenvalue weighted by Gasteiger charge is 2.26. The van der Waals surface area contributed by atoms with Gasteiger partial charge in [-0.1, -0.05) is 30.3 Å². The van der Waals surface area contributed by atoms with E-state index in [0.29, 0.717) is 37.4 Å². The number of aryl methyl sites for hydroxylation is 2. The Morgan fingerprint density at radius 2 is 1.40 bits per heavy atom. The number of hydrogen-bond acceptors (Lipinski definition) is 3. The molecule has 154 valence electrons. The van der Waals surface area contributed by atoms with Gasteiger partial charge in [-0.2, -0.15) is 0 Å². The molecule has 0 saturated carbocycles. The number of phenols is 1. The maximum Gasteiger partial charge on any atom is 0.270 e. The zero-order valence-corrected chi connectivity index (χ0v) is 16.8. The van der Waals surface area contributed by atoms with Crippen molar-refractivity contribution in [2.75, 3.05) is 26.2 Å². The van der Waals surface area contributed by atoms with Gasteiger partial charge in [0.2, 0.25) is 0 Å². The molecular formula is C24H25N3O3. The van der Waals surface area contributed by atoms with Crippen LogP contribution in [0.25, 0.3) is 0 Å². The van der Waals surface area contributed by atoms with Crippen molar-refractivity contribution in [3.05, 3.63) is 89.7 Å². The van der Waals surface area contributed by atoms with Crippen molar-refractivity contribution in [1.29, 1.82) is 0 Å². The van der Waals surface area contributed by atoms with Crippen molar-refractivity contribution in [2.45, 2.75) is 13.0 Å². The molecule has 2 aromatic carbocycles. The van der Waals surface area contributed by atoms with Crippen molar-refractivity contribution in [3.8, 4) is 5.75 Å². The van der Waals surface area contributed by atoms with Crippen LogP contribution in [0.1, 0.15) is 26.4 Å². The fourth-order valence-corrected chi connectivity index (χ4v) is 3.76. The number of phenolic OH excluding ortho intramolecular Hbond substituents is 1. The molecule has 2 amide bonds. The second kappa shape index (κ2) is 8.86. The van der Waals surface area contributed by atoms with Gasteiger partial charge in [0.05, 0.1) is 0 Å². The van der Waals surface area contributed by atoms with E-state index in [1.165, 1.54) is 17.7 Å². The molecule has 0 unspecified atom stereocenters. The first kappa shape index (κ1) is 19.8. The van der Waals surface area contributed by atoms with Crippen LogP contribution < -0.4 is 0 Å². The highest BCUT2D eigenvalue weighted by atomic mass is 16.3. The summed E-state index contributed by atoms with van der Waals surface area (Å²) in [6.45, 7) is 2.75. The Labute approximate surface area is 176 Å². The molecule has 6 nitrogen and oxygen atoms in total. The molecule has 30 heavy (non-hydrogen) atoms. The van der Waals surface area contributed by atoms with E-state index in [1.807, 2.05) is 46.0 Å². The first-order valence-electron chi connectivity index (χ1n) is 10.2. The molecule has 0 spiro atoms. The lowest BCUT2D eigenvalue weighted by atomic mass is 10.1. The monoisotopic (exact) mass is 403 g/mol. The lowest BCUT2D eigenvalue weighted by Crippen LogP contribution is -2.50. The lowest BCUT2D eigenvalue weighted by Gasteiger charge is -2.35. The quantitative estimate of drug-likeness (QED) is 0.712. The smallest absolute Gasteiger partial charge is 0.270 e. The van der Waals surface area contributed by atoms with Crippen LogP contribution in [0.2, 0.25) is 0 Å². The highest BCUT2D eigenvalue weighted by Crippen LogP contribution is 2.15. The van der Waals surface area contributed by atoms with Crippen LogP contribution in [-0.4, -0.2) is 57.5 Å². The van der Waals surface area contributed by atoms with Gasteiger partial charge >= 0.3 is 0 Å². The van der Waals surface area contributed by atoms with E-state index in [-0.39, 0.29) is 17.6 Å². The molecule has 1 aliphatic heterocycles. The van der Waals surface area contributed by atoms with E-state index >= 15 is 0 Å². The molecule has 0 bridgehead atoms. The lowest BCUT2D eigenvalue weighted by molar-refractivity contribution is 0.0529. The first-order valence-corrected chi connectivity index (χ1v) is 10.2. The largest absolute Gasteiger partial charge is 0.508 e. The summed E-state index contributed by atoms with van der Waals surface area (Å²) in [4.78, 5) is 29.2. The zero-order valence-electron chi connectivity index (χ0n) is 16.8. The standard InChI is InChI=1S/C24H25N3O3/c28-21-10-8-20(9-11-21)23(29)26-15-17-27(18-16-26)24(30)22-7-4-13-25(22)14-12-19-5-2-1-3-6-19/h1-11,13,28H,12,14-18H2. The molecule has 1 fully saturated rings. The number of carbonyl (C=O) groups excluding carboxylic acids is 2. The van der Waals surface area contributed by atoms with Crippen LogP contribution in [0.5, 0.6) is 5.75 Å². The number of piperazine rings is 1. The SMILES string of the molecule is O=C(c1ccc(O)cc1)N1CCN(C(=O)c2cccn2CCc2ccccc2)CC1. The maximum atomic E-state index is 13.1. The number of hydrogen-bond donors (Lipinski definition) is 1. The summed E-state index contributed by atoms with van der Waals surface area (Å²) < 4.78 is 2.00. The van der Waals surface area contributed by atoms with Crippen LogP contribution in [0, 0.1) is 0 Å². The Hall–Kier alpha value is -3.54. The van der Waals surface area contributed by atoms with Crippen LogP contribution in [0.3, 0.4) is 0 Å². The second-order valence-corrected chi connectivity index (χ2v) is 7.45. The van der Waals surface area contributed by atoms with Gasteiger partial charge in [-0.25, -0.2) is 0 Å². The molecule has 3 aromatic rings. The predicted molar refractivity (Wildman–Crippen MR) is 114 cm³/mol. The summed E-state index contributed by atoms with van der Waals surface area (Å²) in [5, 5.41) is 9.39. The third kappa shape index (κ3) is 4.38. The minimum atomic E-state index is -0.0756. The molecule has 2 heterocycles. The molecule has 6 heteroatoms. The van der Waals surface area contributed by atoms with Crippen LogP contribution in [-0.2, 0) is 13.0 Å². The Bertz CT molecular complexity index is 1000. The minimum Gasteiger partial charge on any atom is -0.508 e. The third-order valence-electron chi connectivity index (χ3n) is 5.50. The van der Waals surface area contributed by atoms with E-state index < -0.39 is 0 Å². The fraction of sp³-hybridized carbons (Fsp3) is 0.250. The van der Waals surface area contributed by atoms with Crippen LogP contribution in [0.4, 0.5) is 0 Å². The van der Waals surface area contributed by atoms with Gasteiger partial charge < -0.3 is 19.5 Å². The Morgan fingerprint density at radius 3 is 2.07 bits per heavy atom. The summed E-state index contributed by atoms with van der Waals surface area (Å²) in [6.07, 6.45) is 2.81. The molecule has 1 N–H and O–H groups in total. The molecule has 4 rings (SSSR count). The molecule has 0 radical (unpaired) electrons. The van der Waals surface area contributed by atoms with Gasteiger partial charge in [-0.15, -0.1) is 0 Å². The van der Waals surface area contributed by atoms with Crippen LogP contribution >= 0.6 is 0 Å². The third-order valence-corrected chi connectivity index (χ3v) is 5.50. The topological polar surface area (TPSA) is 65.8 Å². The Morgan fingerprint density at radius 1 is 0.767 bits per heavy atom. The van der Waals surface area contributed by atoms with Crippen molar-refractivity contribution >= 4 is 11.8 Å². The van der Waals surface area contributed by atoms with Crippen molar-refractivity contribution in [1.82, 2.24) is 14.4 Å². The number of rotatable bonds is 5. The summed E-state index contributed by atoms with van der Waals surface area (Å²) in [6, 6.07) is 20.3. The van der Waals surface area contributed by atoms with Gasteiger partial charge in [0, 0.05) is 44.5 Å². The fourth-order valence-electron chi connectivity index (χ4n) is 3.76. The maximum absolute atomic E-state index is 13.1. The Balaban J connectivity index is 1.35. The Kier molecular flexibility index (Phi) is 5.84. The molecule has 1 aromatic heterocycles. The number of benzene rings is 2. The number of amides is 2. The zero-order chi connectivity index (χ0) is 20.9. The van der Waals surface area contributed by atoms with Gasteiger partial charge in [0.1, 0.15) is 11.4 Å². The van der Waals surface area contributed by atoms with Crippen LogP contribution in [0.15, 0.2) is 72.9 Å². The molecule has 0 aliphatic carbocycles. The van der Waals surface area contributed by atoms with E-state index in [2.05, 4.69) is 12.1 Å². The normalized spacial score (nSPS) is 14.0. The second-order valence-electron chi connectivity index (χ2n) is 7.45. The highest BCUT2D eigenvalue weighted by molar-refractivity contribution is 5.95. The van der Waals surface area contributed by atoms with Crippen molar-refractivity contribution < 1.29 is 14.7 Å². The van der Waals surface area contributed by atoms with E-state index in [0.717, 1.165) is 13.0 Å². The van der Waals surface area contributed by atoms with Gasteiger partial charge in [0.15, 0.2) is 0 Å². The summed E-state index contributed by atoms with van der Waals surface area (Å²) in [5.74, 6) is 0.0651. The average Bonchev–Trinajstić information content (AvgIpc) is 3.27. The minimum absolute atomic E-state index is 0.00444. The number of aromatic nitrogens is 1. The van der Waals surface area contributed by atoms with Gasteiger partial charge in [-0.3, -0.25) is 9.59 Å². The summed E-state index contributed by atoms with van der Waals surface area (Å²) in [7, 11) is 0. The number of carbonyl (C=O) groups is 2. The number of nitrogens with zero attached hydrogens (tertiary/aromatic N) is 3. The van der Waals surface area contributed by atoms with Crippen molar-refractivity contribution in [3.63, 3.8) is 0 Å². The summed E-state index contributed by atoms with van der Waals surface area (Å²) in [5.41, 5.74) is 2.47. The van der Waals surface area contributed by atoms with E-state index in [4.69, 9.17) is 0 Å². The van der Waals surface area contributed by atoms with Gasteiger partial charge in [0.25, 0.3) is 11.8 Å². The average molecular weight is 403 g/mol. The number of aromatic hydroxyl groups is 1. The van der Waals surface area contributed by atoms with Gasteiger partial charge in [-0.05, 0) is 48.4 Å². The molecule has 0 atom stereocenters. The van der Waals surface area contributed by atoms with E-state index in [1.54, 1.807) is 17.0 Å². The van der Waals surface area contributed by atoms with E-state index in [9.17, 15) is 14.7 Å². The van der Waals surface area contributed by atoms with Crippen molar-refractivity contribution in [2.24, 2.45) is 0 Å². The molecular weight excluding hydrogens is 378 g/mol. The molecule has 1 aliphatic rings. The first-order chi connectivity index (χ1) is 14.6. The summed E-state index contributed by atoms with van der Waals surface area (Å²) >= 11 is 0. The predicted octanol–water partition coefficient (Wildman–Crippen LogP) is 3.03.